The topological polar surface area (TPSA) is 77.0 Å². The van der Waals surface area contributed by atoms with E-state index in [1.807, 2.05) is 0 Å². The van der Waals surface area contributed by atoms with Crippen molar-refractivity contribution >= 4 is 12.2 Å². The summed E-state index contributed by atoms with van der Waals surface area (Å²) in [6.07, 6.45) is 0.243. The Labute approximate surface area is 56.7 Å². The number of isocyanates is 1. The fourth-order valence-electron chi connectivity index (χ4n) is 0.239. The van der Waals surface area contributed by atoms with Gasteiger partial charge in [0, 0.05) is 5.16 Å². The van der Waals surface area contributed by atoms with E-state index in [2.05, 4.69) is 14.8 Å². The van der Waals surface area contributed by atoms with Gasteiger partial charge in [-0.2, -0.15) is 0 Å². The summed E-state index contributed by atoms with van der Waals surface area (Å²) in [7, 11) is 0. The van der Waals surface area contributed by atoms with Crippen LogP contribution in [0, 0.1) is 0 Å². The molecule has 0 radical (unpaired) electrons. The van der Waals surface area contributed by atoms with Gasteiger partial charge in [-0.05, 0) is 6.92 Å². The summed E-state index contributed by atoms with van der Waals surface area (Å²) < 4.78 is 4.32. The van der Waals surface area contributed by atoms with Gasteiger partial charge in [0.25, 0.3) is 6.08 Å². The fraction of sp³-hybridized carbons (Fsp3) is 0.500. The lowest BCUT2D eigenvalue weighted by molar-refractivity contribution is 0.0332. The number of amides is 1. The van der Waals surface area contributed by atoms with Crippen molar-refractivity contribution in [3.05, 3.63) is 0 Å². The van der Waals surface area contributed by atoms with Gasteiger partial charge in [-0.1, -0.05) is 0 Å². The maximum Gasteiger partial charge on any atom is 0.442 e. The average Bonchev–Trinajstić information content (AvgIpc) is 1.89. The molecule has 1 amide bonds. The SMILES string of the molecule is CCOC(=O)NON=C=O. The standard InChI is InChI=1S/C4H6N2O4/c1-2-9-4(8)6-10-5-3-7/h2H2,1H3,(H,6,8). The largest absolute Gasteiger partial charge is 0.448 e. The first-order chi connectivity index (χ1) is 4.81. The van der Waals surface area contributed by atoms with E-state index in [0.29, 0.717) is 0 Å². The summed E-state index contributed by atoms with van der Waals surface area (Å²) in [6.45, 7) is 1.85. The number of carbonyl (C=O) groups excluding carboxylic acids is 2. The first-order valence-electron chi connectivity index (χ1n) is 2.47. The van der Waals surface area contributed by atoms with Crippen molar-refractivity contribution in [3.8, 4) is 0 Å². The van der Waals surface area contributed by atoms with Crippen molar-refractivity contribution in [2.24, 2.45) is 5.16 Å². The molecule has 0 unspecified atom stereocenters. The molecular weight excluding hydrogens is 140 g/mol. The lowest BCUT2D eigenvalue weighted by atomic mass is 10.9. The molecule has 0 aromatic rings. The molecule has 56 valence electrons. The quantitative estimate of drug-likeness (QED) is 0.343. The van der Waals surface area contributed by atoms with Gasteiger partial charge in [0.2, 0.25) is 0 Å². The number of hydrogen-bond acceptors (Lipinski definition) is 5. The minimum absolute atomic E-state index is 0.222. The Morgan fingerprint density at radius 2 is 2.50 bits per heavy atom. The third kappa shape index (κ3) is 4.61. The normalized spacial score (nSPS) is 7.30. The van der Waals surface area contributed by atoms with Crippen molar-refractivity contribution in [2.45, 2.75) is 6.92 Å². The zero-order chi connectivity index (χ0) is 7.82. The van der Waals surface area contributed by atoms with Crippen molar-refractivity contribution in [3.63, 3.8) is 0 Å². The molecule has 1 N–H and O–H groups in total. The lowest BCUT2D eigenvalue weighted by Gasteiger charge is -1.98. The summed E-state index contributed by atoms with van der Waals surface area (Å²) in [5, 5.41) is 2.58. The Bertz CT molecular complexity index is 151. The van der Waals surface area contributed by atoms with Crippen molar-refractivity contribution < 1.29 is 19.3 Å². The van der Waals surface area contributed by atoms with Crippen molar-refractivity contribution in [1.29, 1.82) is 0 Å². The van der Waals surface area contributed by atoms with Crippen molar-refractivity contribution in [2.75, 3.05) is 6.61 Å². The molecule has 0 atom stereocenters. The van der Waals surface area contributed by atoms with Crippen LogP contribution >= 0.6 is 0 Å². The summed E-state index contributed by atoms with van der Waals surface area (Å²) in [6, 6.07) is 0. The predicted octanol–water partition coefficient (Wildman–Crippen LogP) is -0.0851. The molecular formula is C4H6N2O4. The zero-order valence-electron chi connectivity index (χ0n) is 5.29. The van der Waals surface area contributed by atoms with E-state index in [4.69, 9.17) is 0 Å². The molecule has 6 heteroatoms. The molecule has 0 rings (SSSR count). The van der Waals surface area contributed by atoms with Crippen LogP contribution in [0.25, 0.3) is 0 Å². The summed E-state index contributed by atoms with van der Waals surface area (Å²) >= 11 is 0. The Morgan fingerprint density at radius 3 is 3.00 bits per heavy atom. The van der Waals surface area contributed by atoms with Gasteiger partial charge >= 0.3 is 6.09 Å². The molecule has 0 saturated carbocycles. The van der Waals surface area contributed by atoms with Crippen LogP contribution in [0.4, 0.5) is 4.79 Å². The van der Waals surface area contributed by atoms with Crippen LogP contribution in [0.2, 0.25) is 0 Å². The molecule has 0 spiro atoms. The monoisotopic (exact) mass is 146 g/mol. The van der Waals surface area contributed by atoms with Crippen LogP contribution in [0.3, 0.4) is 0 Å². The molecule has 10 heavy (non-hydrogen) atoms. The van der Waals surface area contributed by atoms with E-state index in [-0.39, 0.29) is 6.61 Å². The van der Waals surface area contributed by atoms with Gasteiger partial charge < -0.3 is 4.74 Å². The second-order valence-corrected chi connectivity index (χ2v) is 1.10. The highest BCUT2D eigenvalue weighted by atomic mass is 16.8. The highest BCUT2D eigenvalue weighted by Gasteiger charge is 1.96. The second-order valence-electron chi connectivity index (χ2n) is 1.10. The molecule has 0 fully saturated rings. The van der Waals surface area contributed by atoms with E-state index in [1.54, 1.807) is 12.4 Å². The van der Waals surface area contributed by atoms with Gasteiger partial charge in [0.1, 0.15) is 0 Å². The van der Waals surface area contributed by atoms with Crippen LogP contribution in [0.1, 0.15) is 6.92 Å². The third-order valence-electron chi connectivity index (χ3n) is 0.487. The Morgan fingerprint density at radius 1 is 1.80 bits per heavy atom. The van der Waals surface area contributed by atoms with Gasteiger partial charge in [-0.15, -0.1) is 5.48 Å². The maximum absolute atomic E-state index is 10.3. The van der Waals surface area contributed by atoms with E-state index < -0.39 is 6.09 Å². The second kappa shape index (κ2) is 5.58. The molecule has 0 aliphatic heterocycles. The Balaban J connectivity index is 3.30. The zero-order valence-corrected chi connectivity index (χ0v) is 5.29. The molecule has 0 aliphatic carbocycles. The number of hydrogen-bond donors (Lipinski definition) is 1. The van der Waals surface area contributed by atoms with Crippen LogP contribution in [0.5, 0.6) is 0 Å². The van der Waals surface area contributed by atoms with E-state index in [0.717, 1.165) is 6.08 Å². The van der Waals surface area contributed by atoms with Gasteiger partial charge in [0.05, 0.1) is 6.61 Å². The van der Waals surface area contributed by atoms with Crippen molar-refractivity contribution in [1.82, 2.24) is 5.48 Å². The minimum atomic E-state index is -0.804. The third-order valence-corrected chi connectivity index (χ3v) is 0.487. The first-order valence-corrected chi connectivity index (χ1v) is 2.47. The average molecular weight is 146 g/mol. The van der Waals surface area contributed by atoms with E-state index in [9.17, 15) is 9.59 Å². The van der Waals surface area contributed by atoms with E-state index in [1.165, 1.54) is 0 Å². The molecule has 6 nitrogen and oxygen atoms in total. The van der Waals surface area contributed by atoms with Gasteiger partial charge in [0.15, 0.2) is 0 Å². The first kappa shape index (κ1) is 8.45. The number of hydroxylamine groups is 1. The number of ether oxygens (including phenoxy) is 1. The van der Waals surface area contributed by atoms with Gasteiger partial charge in [-0.3, -0.25) is 4.94 Å². The highest BCUT2D eigenvalue weighted by Crippen LogP contribution is 1.75. The Hall–Kier alpha value is -1.55. The minimum Gasteiger partial charge on any atom is -0.448 e. The predicted molar refractivity (Wildman–Crippen MR) is 29.4 cm³/mol. The highest BCUT2D eigenvalue weighted by molar-refractivity contribution is 5.65. The van der Waals surface area contributed by atoms with Gasteiger partial charge in [-0.25, -0.2) is 9.59 Å². The molecule has 0 saturated heterocycles. The van der Waals surface area contributed by atoms with Crippen LogP contribution < -0.4 is 5.48 Å². The number of rotatable bonds is 3. The van der Waals surface area contributed by atoms with Crippen LogP contribution in [-0.4, -0.2) is 18.8 Å². The number of nitrogens with one attached hydrogen (secondary N) is 1. The summed E-state index contributed by atoms with van der Waals surface area (Å²) in [4.78, 5) is 23.5. The lowest BCUT2D eigenvalue weighted by Crippen LogP contribution is -2.22. The van der Waals surface area contributed by atoms with Crippen LogP contribution in [-0.2, 0) is 14.5 Å². The Kier molecular flexibility index (Phi) is 4.72. The molecule has 0 heterocycles. The van der Waals surface area contributed by atoms with E-state index >= 15 is 0 Å². The fourth-order valence-corrected chi connectivity index (χ4v) is 0.239. The number of nitrogens with zero attached hydrogens (tertiary/aromatic N) is 1. The number of carbonyl (C=O) groups is 1. The molecule has 0 aliphatic rings. The smallest absolute Gasteiger partial charge is 0.442 e. The molecule has 0 aromatic heterocycles. The summed E-state index contributed by atoms with van der Waals surface area (Å²) in [5.41, 5.74) is 1.69. The maximum atomic E-state index is 10.3. The molecule has 0 aromatic carbocycles. The summed E-state index contributed by atoms with van der Waals surface area (Å²) in [5.74, 6) is 0. The van der Waals surface area contributed by atoms with Crippen LogP contribution in [0.15, 0.2) is 5.16 Å². The molecule has 0 bridgehead atoms.